The molecule has 1 fully saturated rings. The van der Waals surface area contributed by atoms with Crippen molar-refractivity contribution >= 4 is 11.9 Å². The normalized spacial score (nSPS) is 23.8. The van der Waals surface area contributed by atoms with E-state index >= 15 is 0 Å². The lowest BCUT2D eigenvalue weighted by atomic mass is 9.88. The molecule has 0 radical (unpaired) electrons. The third kappa shape index (κ3) is 5.08. The first-order valence-electron chi connectivity index (χ1n) is 11.0. The molecule has 0 bridgehead atoms. The maximum Gasteiger partial charge on any atom is 0.416 e. The third-order valence-corrected chi connectivity index (χ3v) is 6.45. The van der Waals surface area contributed by atoms with Gasteiger partial charge >= 0.3 is 12.1 Å². The van der Waals surface area contributed by atoms with E-state index in [1.807, 2.05) is 0 Å². The van der Waals surface area contributed by atoms with Crippen molar-refractivity contribution in [1.82, 2.24) is 4.90 Å². The minimum Gasteiger partial charge on any atom is -0.491 e. The van der Waals surface area contributed by atoms with Crippen LogP contribution in [-0.2, 0) is 20.8 Å². The first kappa shape index (κ1) is 23.4. The zero-order valence-electron chi connectivity index (χ0n) is 18.3. The molecule has 1 unspecified atom stereocenters. The number of hydrogen-bond acceptors (Lipinski definition) is 5. The van der Waals surface area contributed by atoms with E-state index < -0.39 is 23.8 Å². The Labute approximate surface area is 190 Å². The molecule has 2 aliphatic heterocycles. The van der Waals surface area contributed by atoms with E-state index in [9.17, 15) is 22.8 Å². The van der Waals surface area contributed by atoms with Crippen molar-refractivity contribution in [2.45, 2.75) is 38.0 Å². The highest BCUT2D eigenvalue weighted by molar-refractivity contribution is 5.90. The van der Waals surface area contributed by atoms with Gasteiger partial charge in [-0.05, 0) is 31.4 Å². The number of alkyl halides is 3. The molecule has 178 valence electrons. The van der Waals surface area contributed by atoms with Gasteiger partial charge in [-0.1, -0.05) is 24.3 Å². The van der Waals surface area contributed by atoms with Crippen LogP contribution < -0.4 is 4.74 Å². The summed E-state index contributed by atoms with van der Waals surface area (Å²) in [5.41, 5.74) is 0.380. The zero-order chi connectivity index (χ0) is 23.6. The number of fused-ring (bicyclic) bond motifs is 1. The van der Waals surface area contributed by atoms with E-state index in [1.165, 1.54) is 19.3 Å². The number of hydrogen-bond donors (Lipinski definition) is 0. The predicted octanol–water partition coefficient (Wildman–Crippen LogP) is 4.05. The number of carbonyl (C=O) groups excluding carboxylic acids is 2. The van der Waals surface area contributed by atoms with Crippen molar-refractivity contribution < 1.29 is 37.0 Å². The average Bonchev–Trinajstić information content (AvgIpc) is 3.02. The van der Waals surface area contributed by atoms with Crippen LogP contribution in [0.2, 0.25) is 0 Å². The van der Waals surface area contributed by atoms with Crippen molar-refractivity contribution in [1.29, 1.82) is 0 Å². The second-order valence-corrected chi connectivity index (χ2v) is 8.46. The van der Waals surface area contributed by atoms with Crippen molar-refractivity contribution in [3.05, 3.63) is 53.1 Å². The van der Waals surface area contributed by atoms with E-state index in [0.717, 1.165) is 11.6 Å². The topological polar surface area (TPSA) is 65.1 Å². The molecule has 1 aromatic carbocycles. The van der Waals surface area contributed by atoms with Gasteiger partial charge in [-0.15, -0.1) is 0 Å². The third-order valence-electron chi connectivity index (χ3n) is 6.45. The summed E-state index contributed by atoms with van der Waals surface area (Å²) in [5.74, 6) is -0.607. The van der Waals surface area contributed by atoms with Gasteiger partial charge in [0, 0.05) is 37.2 Å². The van der Waals surface area contributed by atoms with Gasteiger partial charge in [-0.25, -0.2) is 4.79 Å². The molecule has 1 amide bonds. The summed E-state index contributed by atoms with van der Waals surface area (Å²) < 4.78 is 55.4. The number of esters is 1. The Morgan fingerprint density at radius 1 is 1.18 bits per heavy atom. The Hall–Kier alpha value is -2.81. The van der Waals surface area contributed by atoms with E-state index in [4.69, 9.17) is 14.2 Å². The Morgan fingerprint density at radius 2 is 1.94 bits per heavy atom. The zero-order valence-corrected chi connectivity index (χ0v) is 18.3. The predicted molar refractivity (Wildman–Crippen MR) is 113 cm³/mol. The number of benzene rings is 1. The minimum atomic E-state index is -4.40. The second-order valence-electron chi connectivity index (χ2n) is 8.46. The largest absolute Gasteiger partial charge is 0.491 e. The monoisotopic (exact) mass is 465 g/mol. The molecule has 3 aliphatic rings. The van der Waals surface area contributed by atoms with Crippen LogP contribution in [0.1, 0.15) is 35.2 Å². The van der Waals surface area contributed by atoms with E-state index in [-0.39, 0.29) is 37.3 Å². The second kappa shape index (κ2) is 9.59. The summed E-state index contributed by atoms with van der Waals surface area (Å²) in [5, 5.41) is 0. The maximum atomic E-state index is 13.5. The van der Waals surface area contributed by atoms with Gasteiger partial charge in [0.15, 0.2) is 0 Å². The molecule has 0 aromatic heterocycles. The van der Waals surface area contributed by atoms with Crippen LogP contribution in [0.5, 0.6) is 5.75 Å². The van der Waals surface area contributed by atoms with E-state index in [1.54, 1.807) is 23.1 Å². The van der Waals surface area contributed by atoms with E-state index in [0.29, 0.717) is 37.4 Å². The van der Waals surface area contributed by atoms with Crippen LogP contribution in [0, 0.1) is 11.8 Å². The standard InChI is InChI=1S/C24H26F3NO5/c1-31-23(30)17-2-3-18-13-28(22(29)16-8-10-32-11-9-16)20(14-33-21(18)12-17)15-4-6-19(7-5-15)24(25,26)27/h2-4,6-7,12,15-16,20H,5,8-11,13-14H2,1H3/t15?,20-/m1/s1. The van der Waals surface area contributed by atoms with Gasteiger partial charge in [0.1, 0.15) is 12.4 Å². The van der Waals surface area contributed by atoms with Crippen LogP contribution >= 0.6 is 0 Å². The van der Waals surface area contributed by atoms with Crippen molar-refractivity contribution in [3.8, 4) is 5.75 Å². The molecule has 1 aromatic rings. The average molecular weight is 465 g/mol. The fourth-order valence-electron chi connectivity index (χ4n) is 4.54. The Morgan fingerprint density at radius 3 is 2.58 bits per heavy atom. The van der Waals surface area contributed by atoms with Gasteiger partial charge in [-0.2, -0.15) is 13.2 Å². The van der Waals surface area contributed by atoms with Gasteiger partial charge in [0.05, 0.1) is 24.3 Å². The van der Waals surface area contributed by atoms with Crippen LogP contribution in [0.4, 0.5) is 13.2 Å². The molecule has 33 heavy (non-hydrogen) atoms. The van der Waals surface area contributed by atoms with E-state index in [2.05, 4.69) is 0 Å². The highest BCUT2D eigenvalue weighted by Gasteiger charge is 2.39. The van der Waals surface area contributed by atoms with Gasteiger partial charge in [-0.3, -0.25) is 4.79 Å². The minimum absolute atomic E-state index is 0.0456. The van der Waals surface area contributed by atoms with Crippen molar-refractivity contribution in [2.24, 2.45) is 11.8 Å². The quantitative estimate of drug-likeness (QED) is 0.630. The maximum absolute atomic E-state index is 13.5. The number of nitrogens with zero attached hydrogens (tertiary/aromatic N) is 1. The molecule has 2 heterocycles. The molecule has 9 heteroatoms. The summed E-state index contributed by atoms with van der Waals surface area (Å²) >= 11 is 0. The molecule has 4 rings (SSSR count). The number of amides is 1. The molecule has 1 aliphatic carbocycles. The number of allylic oxidation sites excluding steroid dienone is 3. The lowest BCUT2D eigenvalue weighted by molar-refractivity contribution is -0.143. The van der Waals surface area contributed by atoms with Gasteiger partial charge in [0.2, 0.25) is 5.91 Å². The number of ether oxygens (including phenoxy) is 3. The highest BCUT2D eigenvalue weighted by Crippen LogP contribution is 2.36. The number of carbonyl (C=O) groups is 2. The smallest absolute Gasteiger partial charge is 0.416 e. The fraction of sp³-hybridized carbons (Fsp3) is 0.500. The highest BCUT2D eigenvalue weighted by atomic mass is 19.4. The molecule has 2 atom stereocenters. The molecule has 0 N–H and O–H groups in total. The van der Waals surface area contributed by atoms with Crippen LogP contribution in [0.15, 0.2) is 42.0 Å². The number of rotatable bonds is 3. The fourth-order valence-corrected chi connectivity index (χ4v) is 4.54. The van der Waals surface area contributed by atoms with Crippen LogP contribution in [-0.4, -0.2) is 55.9 Å². The summed E-state index contributed by atoms with van der Waals surface area (Å²) in [6.45, 7) is 1.37. The molecule has 6 nitrogen and oxygen atoms in total. The van der Waals surface area contributed by atoms with Crippen LogP contribution in [0.25, 0.3) is 0 Å². The summed E-state index contributed by atoms with van der Waals surface area (Å²) in [4.78, 5) is 27.2. The van der Waals surface area contributed by atoms with Gasteiger partial charge < -0.3 is 19.1 Å². The molecular weight excluding hydrogens is 439 g/mol. The Balaban J connectivity index is 1.62. The molecule has 0 spiro atoms. The first-order chi connectivity index (χ1) is 15.8. The SMILES string of the molecule is COC(=O)c1ccc2c(c1)OC[C@H](C1C=CC(C(F)(F)F)=CC1)N(C(=O)C1CCOCC1)C2. The Bertz CT molecular complexity index is 965. The van der Waals surface area contributed by atoms with Gasteiger partial charge in [0.25, 0.3) is 0 Å². The number of halogens is 3. The number of methoxy groups -OCH3 is 1. The summed E-state index contributed by atoms with van der Waals surface area (Å²) in [6, 6.07) is 4.48. The molecule has 0 saturated carbocycles. The lowest BCUT2D eigenvalue weighted by Gasteiger charge is -2.37. The van der Waals surface area contributed by atoms with Crippen LogP contribution in [0.3, 0.4) is 0 Å². The summed E-state index contributed by atoms with van der Waals surface area (Å²) in [6.07, 6.45) is 0.746. The molecular formula is C24H26F3NO5. The molecule has 1 saturated heterocycles. The summed E-state index contributed by atoms with van der Waals surface area (Å²) in [7, 11) is 1.29. The Kier molecular flexibility index (Phi) is 6.78. The first-order valence-corrected chi connectivity index (χ1v) is 11.0. The van der Waals surface area contributed by atoms with Crippen molar-refractivity contribution in [2.75, 3.05) is 26.9 Å². The van der Waals surface area contributed by atoms with Crippen molar-refractivity contribution in [3.63, 3.8) is 0 Å². The lowest BCUT2D eigenvalue weighted by Crippen LogP contribution is -2.49.